The highest BCUT2D eigenvalue weighted by atomic mass is 32.1. The van der Waals surface area contributed by atoms with Crippen LogP contribution in [0.15, 0.2) is 89.5 Å². The van der Waals surface area contributed by atoms with Gasteiger partial charge in [0.1, 0.15) is 17.6 Å². The number of nitrogens with zero attached hydrogens (tertiary/aromatic N) is 2. The number of furan rings is 1. The Labute approximate surface area is 209 Å². The second-order valence-electron chi connectivity index (χ2n) is 8.83. The van der Waals surface area contributed by atoms with Crippen LogP contribution in [-0.4, -0.2) is 21.2 Å². The quantitative estimate of drug-likeness (QED) is 0.310. The molecule has 0 saturated carbocycles. The second kappa shape index (κ2) is 9.35. The lowest BCUT2D eigenvalue weighted by molar-refractivity contribution is 0.0697. The number of rotatable bonds is 6. The van der Waals surface area contributed by atoms with Gasteiger partial charge in [-0.15, -0.1) is 0 Å². The zero-order valence-electron chi connectivity index (χ0n) is 19.4. The maximum atomic E-state index is 11.2. The molecule has 2 aromatic heterocycles. The SMILES string of the molecule is CC(C)c1ccc(N2C(=S)NC(c3ccccn3)C2c2ccc(-c3ccc(C(=O)O)cc3)o2)cc1. The minimum Gasteiger partial charge on any atom is -0.478 e. The third kappa shape index (κ3) is 4.42. The first-order valence-corrected chi connectivity index (χ1v) is 11.9. The number of nitrogens with one attached hydrogen (secondary N) is 1. The molecule has 0 aliphatic carbocycles. The number of aromatic nitrogens is 1. The van der Waals surface area contributed by atoms with Gasteiger partial charge in [-0.3, -0.25) is 4.98 Å². The third-order valence-corrected chi connectivity index (χ3v) is 6.59. The maximum absolute atomic E-state index is 11.2. The van der Waals surface area contributed by atoms with Gasteiger partial charge in [0.25, 0.3) is 0 Å². The van der Waals surface area contributed by atoms with E-state index in [1.54, 1.807) is 30.5 Å². The Kier molecular flexibility index (Phi) is 6.09. The van der Waals surface area contributed by atoms with Crippen molar-refractivity contribution in [3.8, 4) is 11.3 Å². The number of anilines is 1. The molecule has 1 fully saturated rings. The second-order valence-corrected chi connectivity index (χ2v) is 9.21. The van der Waals surface area contributed by atoms with Crippen molar-refractivity contribution in [2.75, 3.05) is 4.90 Å². The van der Waals surface area contributed by atoms with Gasteiger partial charge >= 0.3 is 5.97 Å². The molecule has 0 radical (unpaired) electrons. The Morgan fingerprint density at radius 2 is 1.77 bits per heavy atom. The third-order valence-electron chi connectivity index (χ3n) is 6.27. The summed E-state index contributed by atoms with van der Waals surface area (Å²) in [5.74, 6) is 0.868. The van der Waals surface area contributed by atoms with Crippen LogP contribution in [-0.2, 0) is 0 Å². The van der Waals surface area contributed by atoms with Crippen molar-refractivity contribution in [1.29, 1.82) is 0 Å². The van der Waals surface area contributed by atoms with Crippen molar-refractivity contribution in [1.82, 2.24) is 10.3 Å². The lowest BCUT2D eigenvalue weighted by atomic mass is 10.0. The molecular formula is C28H25N3O3S. The Balaban J connectivity index is 1.55. The number of thiocarbonyl (C=S) groups is 1. The molecule has 3 heterocycles. The maximum Gasteiger partial charge on any atom is 0.335 e. The van der Waals surface area contributed by atoms with Crippen LogP contribution < -0.4 is 10.2 Å². The number of carboxylic acids is 1. The van der Waals surface area contributed by atoms with Gasteiger partial charge in [-0.05, 0) is 72.2 Å². The van der Waals surface area contributed by atoms with Crippen LogP contribution in [0.1, 0.15) is 59.2 Å². The number of carboxylic acid groups (broad SMARTS) is 1. The largest absolute Gasteiger partial charge is 0.478 e. The molecule has 2 atom stereocenters. The summed E-state index contributed by atoms with van der Waals surface area (Å²) in [6, 6.07) is 24.3. The van der Waals surface area contributed by atoms with E-state index in [-0.39, 0.29) is 17.6 Å². The van der Waals surface area contributed by atoms with Crippen molar-refractivity contribution < 1.29 is 14.3 Å². The summed E-state index contributed by atoms with van der Waals surface area (Å²) < 4.78 is 6.35. The minimum atomic E-state index is -0.959. The molecule has 7 heteroatoms. The number of pyridine rings is 1. The molecule has 1 aliphatic rings. The van der Waals surface area contributed by atoms with E-state index in [1.807, 2.05) is 30.3 Å². The molecular weight excluding hydrogens is 458 g/mol. The van der Waals surface area contributed by atoms with Gasteiger partial charge in [0, 0.05) is 17.4 Å². The molecule has 2 aromatic carbocycles. The van der Waals surface area contributed by atoms with Gasteiger partial charge < -0.3 is 19.7 Å². The van der Waals surface area contributed by atoms with E-state index in [2.05, 4.69) is 53.3 Å². The molecule has 0 bridgehead atoms. The topological polar surface area (TPSA) is 78.6 Å². The minimum absolute atomic E-state index is 0.207. The fraction of sp³-hybridized carbons (Fsp3) is 0.179. The Hall–Kier alpha value is -3.97. The van der Waals surface area contributed by atoms with Crippen molar-refractivity contribution in [3.63, 3.8) is 0 Å². The van der Waals surface area contributed by atoms with Crippen LogP contribution in [0.2, 0.25) is 0 Å². The summed E-state index contributed by atoms with van der Waals surface area (Å²) in [5, 5.41) is 13.2. The average Bonchev–Trinajstić information content (AvgIpc) is 3.49. The van der Waals surface area contributed by atoms with Gasteiger partial charge in [-0.2, -0.15) is 0 Å². The van der Waals surface area contributed by atoms with Crippen LogP contribution >= 0.6 is 12.2 Å². The van der Waals surface area contributed by atoms with Gasteiger partial charge in [-0.25, -0.2) is 4.79 Å². The zero-order chi connectivity index (χ0) is 24.5. The fourth-order valence-corrected chi connectivity index (χ4v) is 4.73. The molecule has 1 saturated heterocycles. The highest BCUT2D eigenvalue weighted by Gasteiger charge is 2.42. The summed E-state index contributed by atoms with van der Waals surface area (Å²) in [5.41, 5.74) is 4.13. The predicted octanol–water partition coefficient (Wildman–Crippen LogP) is 6.34. The molecule has 4 aromatic rings. The summed E-state index contributed by atoms with van der Waals surface area (Å²) in [4.78, 5) is 17.9. The highest BCUT2D eigenvalue weighted by molar-refractivity contribution is 7.80. The van der Waals surface area contributed by atoms with E-state index in [9.17, 15) is 9.90 Å². The number of hydrogen-bond donors (Lipinski definition) is 2. The average molecular weight is 484 g/mol. The first-order chi connectivity index (χ1) is 16.9. The molecule has 5 rings (SSSR count). The van der Waals surface area contributed by atoms with E-state index in [1.165, 1.54) is 5.56 Å². The van der Waals surface area contributed by atoms with Gasteiger partial charge in [0.05, 0.1) is 17.3 Å². The number of benzene rings is 2. The van der Waals surface area contributed by atoms with Gasteiger partial charge in [0.2, 0.25) is 0 Å². The molecule has 2 N–H and O–H groups in total. The van der Waals surface area contributed by atoms with Gasteiger partial charge in [0.15, 0.2) is 5.11 Å². The first kappa shape index (κ1) is 22.8. The van der Waals surface area contributed by atoms with E-state index in [0.29, 0.717) is 16.8 Å². The predicted molar refractivity (Wildman–Crippen MR) is 140 cm³/mol. The van der Waals surface area contributed by atoms with Gasteiger partial charge in [-0.1, -0.05) is 44.2 Å². The van der Waals surface area contributed by atoms with Crippen LogP contribution in [0.5, 0.6) is 0 Å². The highest BCUT2D eigenvalue weighted by Crippen LogP contribution is 2.43. The Morgan fingerprint density at radius 1 is 1.03 bits per heavy atom. The monoisotopic (exact) mass is 483 g/mol. The van der Waals surface area contributed by atoms with E-state index in [0.717, 1.165) is 22.7 Å². The molecule has 0 spiro atoms. The molecule has 0 amide bonds. The number of carbonyl (C=O) groups is 1. The van der Waals surface area contributed by atoms with E-state index in [4.69, 9.17) is 16.6 Å². The first-order valence-electron chi connectivity index (χ1n) is 11.5. The van der Waals surface area contributed by atoms with Crippen molar-refractivity contribution in [3.05, 3.63) is 108 Å². The summed E-state index contributed by atoms with van der Waals surface area (Å²) in [6.07, 6.45) is 1.77. The van der Waals surface area contributed by atoms with Crippen molar-refractivity contribution in [2.24, 2.45) is 0 Å². The van der Waals surface area contributed by atoms with E-state index < -0.39 is 5.97 Å². The molecule has 176 valence electrons. The van der Waals surface area contributed by atoms with Crippen LogP contribution in [0, 0.1) is 0 Å². The number of aromatic carboxylic acids is 1. The summed E-state index contributed by atoms with van der Waals surface area (Å²) >= 11 is 5.79. The lowest BCUT2D eigenvalue weighted by Gasteiger charge is -2.26. The van der Waals surface area contributed by atoms with Crippen LogP contribution in [0.4, 0.5) is 5.69 Å². The Bertz CT molecular complexity index is 1350. The van der Waals surface area contributed by atoms with Crippen LogP contribution in [0.3, 0.4) is 0 Å². The normalized spacial score (nSPS) is 17.6. The fourth-order valence-electron chi connectivity index (χ4n) is 4.39. The smallest absolute Gasteiger partial charge is 0.335 e. The summed E-state index contributed by atoms with van der Waals surface area (Å²) in [7, 11) is 0. The van der Waals surface area contributed by atoms with Crippen molar-refractivity contribution >= 4 is 29.0 Å². The van der Waals surface area contributed by atoms with Crippen molar-refractivity contribution in [2.45, 2.75) is 31.8 Å². The molecule has 2 unspecified atom stereocenters. The lowest BCUT2D eigenvalue weighted by Crippen LogP contribution is -2.29. The Morgan fingerprint density at radius 3 is 2.40 bits per heavy atom. The van der Waals surface area contributed by atoms with E-state index >= 15 is 0 Å². The molecule has 6 nitrogen and oxygen atoms in total. The number of hydrogen-bond acceptors (Lipinski definition) is 4. The molecule has 35 heavy (non-hydrogen) atoms. The molecule has 1 aliphatic heterocycles. The zero-order valence-corrected chi connectivity index (χ0v) is 20.2. The standard InChI is InChI=1S/C28H25N3O3S/c1-17(2)18-10-12-21(13-11-18)31-26(25(30-28(31)35)22-5-3-4-16-29-22)24-15-14-23(34-24)19-6-8-20(9-7-19)27(32)33/h3-17,25-26H,1-2H3,(H,30,35)(H,32,33). The van der Waals surface area contributed by atoms with Crippen LogP contribution in [0.25, 0.3) is 11.3 Å². The summed E-state index contributed by atoms with van der Waals surface area (Å²) in [6.45, 7) is 4.34.